The van der Waals surface area contributed by atoms with E-state index < -0.39 is 0 Å². The minimum absolute atomic E-state index is 0.00180. The molecule has 1 fully saturated rings. The average Bonchev–Trinajstić information content (AvgIpc) is 2.83. The molecule has 3 atom stereocenters. The summed E-state index contributed by atoms with van der Waals surface area (Å²) < 4.78 is 12.8. The molecule has 1 N–H and O–H groups in total. The SMILES string of the molecule is OC[C@H]1CN(Cc2ccccc2)C[C@@H](OCc2ccccc2)[C@@H]1OCc1ccccc1. The highest BCUT2D eigenvalue weighted by molar-refractivity contribution is 5.16. The quantitative estimate of drug-likeness (QED) is 0.564. The van der Waals surface area contributed by atoms with E-state index in [0.29, 0.717) is 13.2 Å². The lowest BCUT2D eigenvalue weighted by atomic mass is 9.92. The molecule has 0 radical (unpaired) electrons. The number of aliphatic hydroxyl groups excluding tert-OH is 1. The first kappa shape index (κ1) is 21.7. The van der Waals surface area contributed by atoms with Crippen molar-refractivity contribution in [1.82, 2.24) is 4.90 Å². The Morgan fingerprint density at radius 2 is 1.19 bits per heavy atom. The first-order valence-electron chi connectivity index (χ1n) is 11.0. The van der Waals surface area contributed by atoms with Gasteiger partial charge in [0.1, 0.15) is 0 Å². The molecule has 31 heavy (non-hydrogen) atoms. The molecule has 4 heteroatoms. The first-order chi connectivity index (χ1) is 15.3. The smallest absolute Gasteiger partial charge is 0.0972 e. The van der Waals surface area contributed by atoms with Gasteiger partial charge in [-0.25, -0.2) is 0 Å². The highest BCUT2D eigenvalue weighted by atomic mass is 16.5. The van der Waals surface area contributed by atoms with Crippen molar-refractivity contribution in [2.45, 2.75) is 32.0 Å². The Balaban J connectivity index is 1.47. The van der Waals surface area contributed by atoms with Crippen LogP contribution in [-0.2, 0) is 29.2 Å². The van der Waals surface area contributed by atoms with Crippen molar-refractivity contribution < 1.29 is 14.6 Å². The predicted octanol–water partition coefficient (Wildman–Crippen LogP) is 4.28. The molecule has 0 saturated carbocycles. The van der Waals surface area contributed by atoms with Crippen LogP contribution in [0.1, 0.15) is 16.7 Å². The fourth-order valence-corrected chi connectivity index (χ4v) is 4.24. The van der Waals surface area contributed by atoms with Gasteiger partial charge in [-0.3, -0.25) is 4.90 Å². The lowest BCUT2D eigenvalue weighted by Gasteiger charge is -2.43. The van der Waals surface area contributed by atoms with Gasteiger partial charge in [-0.2, -0.15) is 0 Å². The Morgan fingerprint density at radius 3 is 1.74 bits per heavy atom. The molecular formula is C27H31NO3. The van der Waals surface area contributed by atoms with Crippen LogP contribution in [0.4, 0.5) is 0 Å². The van der Waals surface area contributed by atoms with Gasteiger partial charge >= 0.3 is 0 Å². The largest absolute Gasteiger partial charge is 0.396 e. The molecule has 0 spiro atoms. The Morgan fingerprint density at radius 1 is 0.677 bits per heavy atom. The van der Waals surface area contributed by atoms with Gasteiger partial charge in [0.2, 0.25) is 0 Å². The van der Waals surface area contributed by atoms with Crippen LogP contribution in [0.2, 0.25) is 0 Å². The van der Waals surface area contributed by atoms with E-state index >= 15 is 0 Å². The molecule has 3 aromatic carbocycles. The van der Waals surface area contributed by atoms with Crippen LogP contribution in [0.15, 0.2) is 91.0 Å². The van der Waals surface area contributed by atoms with E-state index in [0.717, 1.165) is 30.8 Å². The third-order valence-electron chi connectivity index (χ3n) is 5.84. The number of ether oxygens (including phenoxy) is 2. The summed E-state index contributed by atoms with van der Waals surface area (Å²) in [6.45, 7) is 3.54. The minimum atomic E-state index is -0.152. The number of rotatable bonds is 9. The molecule has 0 unspecified atom stereocenters. The highest BCUT2D eigenvalue weighted by Gasteiger charge is 2.38. The maximum atomic E-state index is 10.2. The molecule has 4 rings (SSSR count). The second-order valence-corrected chi connectivity index (χ2v) is 8.22. The molecule has 1 saturated heterocycles. The lowest BCUT2D eigenvalue weighted by molar-refractivity contribution is -0.153. The monoisotopic (exact) mass is 417 g/mol. The van der Waals surface area contributed by atoms with Gasteiger partial charge in [0, 0.05) is 32.2 Å². The molecule has 1 aliphatic rings. The fourth-order valence-electron chi connectivity index (χ4n) is 4.24. The van der Waals surface area contributed by atoms with Crippen molar-refractivity contribution in [3.05, 3.63) is 108 Å². The van der Waals surface area contributed by atoms with Crippen LogP contribution in [0.5, 0.6) is 0 Å². The number of aliphatic hydroxyl groups is 1. The molecule has 4 nitrogen and oxygen atoms in total. The summed E-state index contributed by atoms with van der Waals surface area (Å²) >= 11 is 0. The normalized spacial score (nSPS) is 21.8. The van der Waals surface area contributed by atoms with Gasteiger partial charge in [0.25, 0.3) is 0 Å². The molecule has 1 aliphatic heterocycles. The standard InChI is InChI=1S/C27H31NO3/c29-19-25-17-28(16-22-10-4-1-5-11-22)18-26(30-20-23-12-6-2-7-13-23)27(25)31-21-24-14-8-3-9-15-24/h1-15,25-27,29H,16-21H2/t25-,26-,27-/m1/s1. The number of piperidine rings is 1. The Kier molecular flexibility index (Phi) is 7.86. The molecule has 0 amide bonds. The Bertz CT molecular complexity index is 888. The number of nitrogens with zero attached hydrogens (tertiary/aromatic N) is 1. The van der Waals surface area contributed by atoms with Gasteiger partial charge in [0.05, 0.1) is 25.4 Å². The fraction of sp³-hybridized carbons (Fsp3) is 0.333. The van der Waals surface area contributed by atoms with Crippen molar-refractivity contribution in [2.24, 2.45) is 5.92 Å². The molecule has 0 aromatic heterocycles. The second-order valence-electron chi connectivity index (χ2n) is 8.22. The van der Waals surface area contributed by atoms with E-state index in [1.54, 1.807) is 0 Å². The van der Waals surface area contributed by atoms with E-state index in [9.17, 15) is 5.11 Å². The topological polar surface area (TPSA) is 41.9 Å². The predicted molar refractivity (Wildman–Crippen MR) is 122 cm³/mol. The number of benzene rings is 3. The number of hydrogen-bond donors (Lipinski definition) is 1. The van der Waals surface area contributed by atoms with Crippen molar-refractivity contribution in [3.8, 4) is 0 Å². The van der Waals surface area contributed by atoms with E-state index in [1.165, 1.54) is 5.56 Å². The third-order valence-corrected chi connectivity index (χ3v) is 5.84. The Hall–Kier alpha value is -2.50. The zero-order chi connectivity index (χ0) is 21.3. The van der Waals surface area contributed by atoms with Crippen LogP contribution in [0.3, 0.4) is 0 Å². The van der Waals surface area contributed by atoms with Gasteiger partial charge in [-0.05, 0) is 16.7 Å². The van der Waals surface area contributed by atoms with E-state index in [-0.39, 0.29) is 24.7 Å². The van der Waals surface area contributed by atoms with Crippen LogP contribution in [0, 0.1) is 5.92 Å². The zero-order valence-corrected chi connectivity index (χ0v) is 17.8. The third kappa shape index (κ3) is 6.25. The zero-order valence-electron chi connectivity index (χ0n) is 17.8. The van der Waals surface area contributed by atoms with E-state index in [4.69, 9.17) is 9.47 Å². The van der Waals surface area contributed by atoms with Gasteiger partial charge in [0.15, 0.2) is 0 Å². The average molecular weight is 418 g/mol. The summed E-state index contributed by atoms with van der Waals surface area (Å²) in [5, 5.41) is 10.2. The van der Waals surface area contributed by atoms with Gasteiger partial charge in [-0.15, -0.1) is 0 Å². The molecular weight excluding hydrogens is 386 g/mol. The number of likely N-dealkylation sites (tertiary alicyclic amines) is 1. The molecule has 0 bridgehead atoms. The minimum Gasteiger partial charge on any atom is -0.396 e. The maximum Gasteiger partial charge on any atom is 0.0972 e. The van der Waals surface area contributed by atoms with Gasteiger partial charge in [-0.1, -0.05) is 91.0 Å². The summed E-state index contributed by atoms with van der Waals surface area (Å²) in [5.74, 6) is 0.00180. The van der Waals surface area contributed by atoms with E-state index in [1.807, 2.05) is 42.5 Å². The van der Waals surface area contributed by atoms with Crippen molar-refractivity contribution >= 4 is 0 Å². The summed E-state index contributed by atoms with van der Waals surface area (Å²) in [6, 6.07) is 30.9. The summed E-state index contributed by atoms with van der Waals surface area (Å²) in [4.78, 5) is 2.37. The molecule has 0 aliphatic carbocycles. The van der Waals surface area contributed by atoms with Crippen molar-refractivity contribution in [2.75, 3.05) is 19.7 Å². The van der Waals surface area contributed by atoms with Crippen molar-refractivity contribution in [3.63, 3.8) is 0 Å². The van der Waals surface area contributed by atoms with E-state index in [2.05, 4.69) is 53.4 Å². The second kappa shape index (κ2) is 11.2. The summed E-state index contributed by atoms with van der Waals surface area (Å²) in [6.07, 6.45) is -0.264. The molecule has 162 valence electrons. The lowest BCUT2D eigenvalue weighted by Crippen LogP contribution is -2.55. The number of hydrogen-bond acceptors (Lipinski definition) is 4. The summed E-state index contributed by atoms with van der Waals surface area (Å²) in [7, 11) is 0. The molecule has 3 aromatic rings. The van der Waals surface area contributed by atoms with Crippen LogP contribution in [0.25, 0.3) is 0 Å². The van der Waals surface area contributed by atoms with Crippen LogP contribution < -0.4 is 0 Å². The highest BCUT2D eigenvalue weighted by Crippen LogP contribution is 2.26. The molecule has 1 heterocycles. The maximum absolute atomic E-state index is 10.2. The van der Waals surface area contributed by atoms with Crippen LogP contribution >= 0.6 is 0 Å². The van der Waals surface area contributed by atoms with Crippen LogP contribution in [-0.4, -0.2) is 41.9 Å². The van der Waals surface area contributed by atoms with Gasteiger partial charge < -0.3 is 14.6 Å². The van der Waals surface area contributed by atoms with Crippen molar-refractivity contribution in [1.29, 1.82) is 0 Å². The summed E-state index contributed by atoms with van der Waals surface area (Å²) in [5.41, 5.74) is 3.54. The first-order valence-corrected chi connectivity index (χ1v) is 11.0. The Labute approximate surface area is 185 Å².